The molecule has 1 aromatic heterocycles. The van der Waals surface area contributed by atoms with Crippen LogP contribution in [0.1, 0.15) is 12.8 Å². The van der Waals surface area contributed by atoms with Gasteiger partial charge in [-0.05, 0) is 24.6 Å². The lowest BCUT2D eigenvalue weighted by atomic mass is 10.2. The zero-order valence-corrected chi connectivity index (χ0v) is 17.0. The number of hydrogen-bond acceptors (Lipinski definition) is 5. The molecule has 0 atom stereocenters. The van der Waals surface area contributed by atoms with E-state index in [2.05, 4.69) is 9.88 Å². The van der Waals surface area contributed by atoms with Gasteiger partial charge in [-0.2, -0.15) is 0 Å². The third-order valence-corrected chi connectivity index (χ3v) is 5.18. The molecule has 2 aromatic carbocycles. The Kier molecular flexibility index (Phi) is 6.54. The van der Waals surface area contributed by atoms with Crippen LogP contribution >= 0.6 is 0 Å². The molecule has 3 aromatic rings. The summed E-state index contributed by atoms with van der Waals surface area (Å²) in [5.74, 6) is 2.68. The van der Waals surface area contributed by atoms with Crippen LogP contribution in [-0.4, -0.2) is 53.6 Å². The van der Waals surface area contributed by atoms with Gasteiger partial charge < -0.3 is 14.5 Å². The Morgan fingerprint density at radius 2 is 1.60 bits per heavy atom. The SMILES string of the molecule is O=C(CCCOc1ccccc1)N1CCN(c2ccnc(-c3ccccc3)n2)CC1. The Morgan fingerprint density at radius 1 is 0.900 bits per heavy atom. The standard InChI is InChI=1S/C24H26N4O2/c29-23(12-7-19-30-21-10-5-2-6-11-21)28-17-15-27(16-18-28)22-13-14-25-24(26-22)20-8-3-1-4-9-20/h1-6,8-11,13-14H,7,12,15-19H2. The molecule has 4 rings (SSSR count). The predicted octanol–water partition coefficient (Wildman–Crippen LogP) is 3.65. The topological polar surface area (TPSA) is 58.6 Å². The molecule has 30 heavy (non-hydrogen) atoms. The lowest BCUT2D eigenvalue weighted by molar-refractivity contribution is -0.131. The van der Waals surface area contributed by atoms with E-state index >= 15 is 0 Å². The molecule has 0 N–H and O–H groups in total. The smallest absolute Gasteiger partial charge is 0.222 e. The minimum atomic E-state index is 0.193. The summed E-state index contributed by atoms with van der Waals surface area (Å²) >= 11 is 0. The molecule has 0 spiro atoms. The summed E-state index contributed by atoms with van der Waals surface area (Å²) in [4.78, 5) is 25.8. The second-order valence-corrected chi connectivity index (χ2v) is 7.24. The van der Waals surface area contributed by atoms with Crippen molar-refractivity contribution >= 4 is 11.7 Å². The molecular weight excluding hydrogens is 376 g/mol. The minimum Gasteiger partial charge on any atom is -0.494 e. The number of carbonyl (C=O) groups excluding carboxylic acids is 1. The summed E-state index contributed by atoms with van der Waals surface area (Å²) in [6.45, 7) is 3.53. The average Bonchev–Trinajstić information content (AvgIpc) is 2.83. The van der Waals surface area contributed by atoms with Crippen LogP contribution in [0.15, 0.2) is 72.9 Å². The quantitative estimate of drug-likeness (QED) is 0.565. The Morgan fingerprint density at radius 3 is 2.33 bits per heavy atom. The second-order valence-electron chi connectivity index (χ2n) is 7.24. The average molecular weight is 402 g/mol. The number of amides is 1. The number of aromatic nitrogens is 2. The fourth-order valence-electron chi connectivity index (χ4n) is 3.52. The molecule has 0 saturated carbocycles. The fourth-order valence-corrected chi connectivity index (χ4v) is 3.52. The number of piperazine rings is 1. The second kappa shape index (κ2) is 9.87. The van der Waals surface area contributed by atoms with Gasteiger partial charge in [0, 0.05) is 44.4 Å². The van der Waals surface area contributed by atoms with Gasteiger partial charge in [-0.15, -0.1) is 0 Å². The third-order valence-electron chi connectivity index (χ3n) is 5.18. The maximum absolute atomic E-state index is 12.5. The van der Waals surface area contributed by atoms with E-state index in [0.717, 1.165) is 42.5 Å². The lowest BCUT2D eigenvalue weighted by Crippen LogP contribution is -2.49. The van der Waals surface area contributed by atoms with Crippen molar-refractivity contribution in [2.75, 3.05) is 37.7 Å². The molecule has 2 heterocycles. The Balaban J connectivity index is 1.24. The number of nitrogens with zero attached hydrogens (tertiary/aromatic N) is 4. The van der Waals surface area contributed by atoms with E-state index in [9.17, 15) is 4.79 Å². The summed E-state index contributed by atoms with van der Waals surface area (Å²) in [5, 5.41) is 0. The molecular formula is C24H26N4O2. The zero-order chi connectivity index (χ0) is 20.6. The highest BCUT2D eigenvalue weighted by molar-refractivity contribution is 5.76. The largest absolute Gasteiger partial charge is 0.494 e. The summed E-state index contributed by atoms with van der Waals surface area (Å²) < 4.78 is 5.67. The van der Waals surface area contributed by atoms with Crippen molar-refractivity contribution in [3.8, 4) is 17.1 Å². The van der Waals surface area contributed by atoms with Gasteiger partial charge in [0.15, 0.2) is 5.82 Å². The van der Waals surface area contributed by atoms with Crippen LogP contribution in [0, 0.1) is 0 Å². The van der Waals surface area contributed by atoms with Crippen molar-refractivity contribution in [3.63, 3.8) is 0 Å². The number of para-hydroxylation sites is 1. The molecule has 1 amide bonds. The molecule has 6 heteroatoms. The Hall–Kier alpha value is -3.41. The first-order chi connectivity index (χ1) is 14.8. The van der Waals surface area contributed by atoms with Gasteiger partial charge in [0.05, 0.1) is 6.61 Å². The van der Waals surface area contributed by atoms with Crippen molar-refractivity contribution in [2.45, 2.75) is 12.8 Å². The highest BCUT2D eigenvalue weighted by Crippen LogP contribution is 2.19. The van der Waals surface area contributed by atoms with Crippen molar-refractivity contribution in [3.05, 3.63) is 72.9 Å². The van der Waals surface area contributed by atoms with Crippen LogP contribution in [0.5, 0.6) is 5.75 Å². The van der Waals surface area contributed by atoms with Crippen molar-refractivity contribution in [1.82, 2.24) is 14.9 Å². The fraction of sp³-hybridized carbons (Fsp3) is 0.292. The molecule has 1 aliphatic rings. The van der Waals surface area contributed by atoms with Crippen LogP contribution in [0.25, 0.3) is 11.4 Å². The molecule has 0 aliphatic carbocycles. The van der Waals surface area contributed by atoms with E-state index in [1.165, 1.54) is 0 Å². The van der Waals surface area contributed by atoms with Gasteiger partial charge in [-0.3, -0.25) is 4.79 Å². The molecule has 0 radical (unpaired) electrons. The number of carbonyl (C=O) groups is 1. The number of anilines is 1. The van der Waals surface area contributed by atoms with Gasteiger partial charge in [0.25, 0.3) is 0 Å². The monoisotopic (exact) mass is 402 g/mol. The normalized spacial score (nSPS) is 13.9. The van der Waals surface area contributed by atoms with Crippen molar-refractivity contribution in [2.24, 2.45) is 0 Å². The van der Waals surface area contributed by atoms with Gasteiger partial charge >= 0.3 is 0 Å². The molecule has 1 fully saturated rings. The van der Waals surface area contributed by atoms with Gasteiger partial charge in [-0.25, -0.2) is 9.97 Å². The van der Waals surface area contributed by atoms with Crippen molar-refractivity contribution in [1.29, 1.82) is 0 Å². The van der Waals surface area contributed by atoms with Crippen LogP contribution in [-0.2, 0) is 4.79 Å². The Bertz CT molecular complexity index is 942. The minimum absolute atomic E-state index is 0.193. The highest BCUT2D eigenvalue weighted by Gasteiger charge is 2.22. The molecule has 1 saturated heterocycles. The number of ether oxygens (including phenoxy) is 1. The lowest BCUT2D eigenvalue weighted by Gasteiger charge is -2.35. The first-order valence-electron chi connectivity index (χ1n) is 10.4. The molecule has 1 aliphatic heterocycles. The maximum Gasteiger partial charge on any atom is 0.222 e. The maximum atomic E-state index is 12.5. The summed E-state index contributed by atoms with van der Waals surface area (Å²) in [7, 11) is 0. The van der Waals surface area contributed by atoms with Crippen molar-refractivity contribution < 1.29 is 9.53 Å². The van der Waals surface area contributed by atoms with E-state index in [1.54, 1.807) is 6.20 Å². The first-order valence-corrected chi connectivity index (χ1v) is 10.4. The van der Waals surface area contributed by atoms with Gasteiger partial charge in [0.1, 0.15) is 11.6 Å². The summed E-state index contributed by atoms with van der Waals surface area (Å²) in [6.07, 6.45) is 3.04. The van der Waals surface area contributed by atoms with E-state index in [0.29, 0.717) is 26.1 Å². The van der Waals surface area contributed by atoms with E-state index < -0.39 is 0 Å². The third kappa shape index (κ3) is 5.14. The van der Waals surface area contributed by atoms with Crippen LogP contribution in [0.4, 0.5) is 5.82 Å². The highest BCUT2D eigenvalue weighted by atomic mass is 16.5. The van der Waals surface area contributed by atoms with Crippen LogP contribution in [0.3, 0.4) is 0 Å². The number of benzene rings is 2. The van der Waals surface area contributed by atoms with E-state index in [-0.39, 0.29) is 5.91 Å². The first kappa shape index (κ1) is 19.9. The van der Waals surface area contributed by atoms with E-state index in [1.807, 2.05) is 71.6 Å². The molecule has 0 unspecified atom stereocenters. The summed E-state index contributed by atoms with van der Waals surface area (Å²) in [5.41, 5.74) is 1.01. The summed E-state index contributed by atoms with van der Waals surface area (Å²) in [6, 6.07) is 21.6. The molecule has 154 valence electrons. The zero-order valence-electron chi connectivity index (χ0n) is 17.0. The van der Waals surface area contributed by atoms with Gasteiger partial charge in [0.2, 0.25) is 5.91 Å². The number of hydrogen-bond donors (Lipinski definition) is 0. The van der Waals surface area contributed by atoms with Crippen LogP contribution < -0.4 is 9.64 Å². The Labute approximate surface area is 177 Å². The van der Waals surface area contributed by atoms with E-state index in [4.69, 9.17) is 9.72 Å². The van der Waals surface area contributed by atoms with Crippen LogP contribution in [0.2, 0.25) is 0 Å². The molecule has 0 bridgehead atoms. The van der Waals surface area contributed by atoms with Gasteiger partial charge in [-0.1, -0.05) is 48.5 Å². The predicted molar refractivity (Wildman–Crippen MR) is 117 cm³/mol. The molecule has 6 nitrogen and oxygen atoms in total. The number of rotatable bonds is 7.